The fourth-order valence-electron chi connectivity index (χ4n) is 2.12. The number of hydrogen-bond acceptors (Lipinski definition) is 3. The Bertz CT molecular complexity index is 587. The maximum atomic E-state index is 12.1. The first-order valence-electron chi connectivity index (χ1n) is 5.99. The van der Waals surface area contributed by atoms with Crippen LogP contribution in [0, 0.1) is 0 Å². The van der Waals surface area contributed by atoms with E-state index in [1.54, 1.807) is 12.1 Å². The van der Waals surface area contributed by atoms with E-state index in [-0.39, 0.29) is 11.9 Å². The van der Waals surface area contributed by atoms with E-state index >= 15 is 0 Å². The highest BCUT2D eigenvalue weighted by molar-refractivity contribution is 6.30. The molecule has 2 aromatic rings. The number of halogens is 1. The molecule has 1 amide bonds. The first-order valence-corrected chi connectivity index (χ1v) is 6.37. The largest absolute Gasteiger partial charge is 0.373 e. The van der Waals surface area contributed by atoms with Crippen LogP contribution < -0.4 is 10.6 Å². The maximum Gasteiger partial charge on any atom is 0.248 e. The zero-order valence-corrected chi connectivity index (χ0v) is 10.8. The zero-order chi connectivity index (χ0) is 13.2. The molecule has 1 aliphatic heterocycles. The molecule has 19 heavy (non-hydrogen) atoms. The van der Waals surface area contributed by atoms with Crippen molar-refractivity contribution >= 4 is 29.0 Å². The molecule has 4 nitrogen and oxygen atoms in total. The summed E-state index contributed by atoms with van der Waals surface area (Å²) in [5, 5.41) is 6.52. The van der Waals surface area contributed by atoms with Crippen molar-refractivity contribution in [1.29, 1.82) is 0 Å². The van der Waals surface area contributed by atoms with Gasteiger partial charge in [-0.1, -0.05) is 29.8 Å². The molecule has 1 atom stereocenters. The first kappa shape index (κ1) is 12.0. The molecule has 2 N–H and O–H groups in total. The van der Waals surface area contributed by atoms with Crippen LogP contribution in [-0.4, -0.2) is 16.9 Å². The summed E-state index contributed by atoms with van der Waals surface area (Å²) in [6, 6.07) is 11.0. The van der Waals surface area contributed by atoms with Gasteiger partial charge in [-0.05, 0) is 23.8 Å². The highest BCUT2D eigenvalue weighted by Crippen LogP contribution is 2.25. The SMILES string of the molecule is O=C(Nc1ccc(Cl)cn1)[C@@H]1Cc2ccccc2N1. The van der Waals surface area contributed by atoms with Crippen LogP contribution in [0.15, 0.2) is 42.6 Å². The number of carbonyl (C=O) groups is 1. The average molecular weight is 274 g/mol. The number of para-hydroxylation sites is 1. The summed E-state index contributed by atoms with van der Waals surface area (Å²) in [6.07, 6.45) is 2.20. The van der Waals surface area contributed by atoms with Crippen LogP contribution in [-0.2, 0) is 11.2 Å². The van der Waals surface area contributed by atoms with Gasteiger partial charge in [-0.2, -0.15) is 0 Å². The standard InChI is InChI=1S/C14H12ClN3O/c15-10-5-6-13(16-8-10)18-14(19)12-7-9-3-1-2-4-11(9)17-12/h1-6,8,12,17H,7H2,(H,16,18,19)/t12-/m0/s1. The van der Waals surface area contributed by atoms with E-state index in [1.807, 2.05) is 24.3 Å². The fourth-order valence-corrected chi connectivity index (χ4v) is 2.23. The second kappa shape index (κ2) is 4.90. The second-order valence-electron chi connectivity index (χ2n) is 4.41. The third-order valence-corrected chi connectivity index (χ3v) is 3.29. The number of anilines is 2. The predicted octanol–water partition coefficient (Wildman–Crippen LogP) is 2.71. The number of hydrogen-bond donors (Lipinski definition) is 2. The van der Waals surface area contributed by atoms with Gasteiger partial charge in [0.1, 0.15) is 11.9 Å². The summed E-state index contributed by atoms with van der Waals surface area (Å²) in [6.45, 7) is 0. The van der Waals surface area contributed by atoms with Gasteiger partial charge in [0.05, 0.1) is 5.02 Å². The molecular weight excluding hydrogens is 262 g/mol. The molecule has 0 unspecified atom stereocenters. The molecule has 0 radical (unpaired) electrons. The number of rotatable bonds is 2. The summed E-state index contributed by atoms with van der Waals surface area (Å²) in [7, 11) is 0. The molecule has 3 rings (SSSR count). The molecule has 1 aromatic carbocycles. The van der Waals surface area contributed by atoms with Crippen LogP contribution in [0.4, 0.5) is 11.5 Å². The number of pyridine rings is 1. The molecule has 0 spiro atoms. The highest BCUT2D eigenvalue weighted by Gasteiger charge is 2.26. The van der Waals surface area contributed by atoms with E-state index in [1.165, 1.54) is 6.20 Å². The van der Waals surface area contributed by atoms with Gasteiger partial charge in [-0.25, -0.2) is 4.98 Å². The highest BCUT2D eigenvalue weighted by atomic mass is 35.5. The predicted molar refractivity (Wildman–Crippen MR) is 75.4 cm³/mol. The van der Waals surface area contributed by atoms with Crippen molar-refractivity contribution in [3.8, 4) is 0 Å². The molecule has 1 aliphatic rings. The maximum absolute atomic E-state index is 12.1. The zero-order valence-electron chi connectivity index (χ0n) is 10.1. The smallest absolute Gasteiger partial charge is 0.248 e. The van der Waals surface area contributed by atoms with Crippen molar-refractivity contribution in [2.45, 2.75) is 12.5 Å². The Morgan fingerprint density at radius 3 is 2.89 bits per heavy atom. The van der Waals surface area contributed by atoms with E-state index in [9.17, 15) is 4.79 Å². The van der Waals surface area contributed by atoms with Gasteiger partial charge < -0.3 is 10.6 Å². The van der Waals surface area contributed by atoms with Gasteiger partial charge in [0.25, 0.3) is 0 Å². The van der Waals surface area contributed by atoms with Crippen molar-refractivity contribution in [2.24, 2.45) is 0 Å². The average Bonchev–Trinajstić information content (AvgIpc) is 2.85. The normalized spacial score (nSPS) is 16.6. The molecular formula is C14H12ClN3O. The summed E-state index contributed by atoms with van der Waals surface area (Å²) >= 11 is 5.75. The quantitative estimate of drug-likeness (QED) is 0.885. The number of fused-ring (bicyclic) bond motifs is 1. The third-order valence-electron chi connectivity index (χ3n) is 3.07. The molecule has 2 heterocycles. The summed E-state index contributed by atoms with van der Waals surface area (Å²) in [5.74, 6) is 0.415. The summed E-state index contributed by atoms with van der Waals surface area (Å²) < 4.78 is 0. The minimum Gasteiger partial charge on any atom is -0.373 e. The Morgan fingerprint density at radius 1 is 1.32 bits per heavy atom. The van der Waals surface area contributed by atoms with Crippen LogP contribution in [0.25, 0.3) is 0 Å². The van der Waals surface area contributed by atoms with Crippen molar-refractivity contribution in [2.75, 3.05) is 10.6 Å². The Morgan fingerprint density at radius 2 is 2.16 bits per heavy atom. The lowest BCUT2D eigenvalue weighted by atomic mass is 10.1. The minimum absolute atomic E-state index is 0.0916. The van der Waals surface area contributed by atoms with Crippen LogP contribution in [0.2, 0.25) is 5.02 Å². The van der Waals surface area contributed by atoms with Gasteiger partial charge in [-0.3, -0.25) is 4.79 Å². The summed E-state index contributed by atoms with van der Waals surface area (Å²) in [4.78, 5) is 16.2. The number of amides is 1. The van der Waals surface area contributed by atoms with Gasteiger partial charge in [0.2, 0.25) is 5.91 Å². The molecule has 0 fully saturated rings. The molecule has 0 saturated carbocycles. The summed E-state index contributed by atoms with van der Waals surface area (Å²) in [5.41, 5.74) is 2.18. The lowest BCUT2D eigenvalue weighted by molar-refractivity contribution is -0.116. The fraction of sp³-hybridized carbons (Fsp3) is 0.143. The molecule has 0 saturated heterocycles. The van der Waals surface area contributed by atoms with Crippen molar-refractivity contribution in [1.82, 2.24) is 4.98 Å². The van der Waals surface area contributed by atoms with Crippen LogP contribution in [0.3, 0.4) is 0 Å². The Balaban J connectivity index is 1.68. The Kier molecular flexibility index (Phi) is 3.09. The lowest BCUT2D eigenvalue weighted by Gasteiger charge is -2.11. The van der Waals surface area contributed by atoms with Crippen molar-refractivity contribution < 1.29 is 4.79 Å². The van der Waals surface area contributed by atoms with Crippen LogP contribution in [0.1, 0.15) is 5.56 Å². The second-order valence-corrected chi connectivity index (χ2v) is 4.85. The number of carbonyl (C=O) groups excluding carboxylic acids is 1. The Hall–Kier alpha value is -2.07. The molecule has 96 valence electrons. The van der Waals surface area contributed by atoms with Gasteiger partial charge in [-0.15, -0.1) is 0 Å². The van der Waals surface area contributed by atoms with E-state index in [4.69, 9.17) is 11.6 Å². The number of nitrogens with one attached hydrogen (secondary N) is 2. The third kappa shape index (κ3) is 2.53. The molecule has 0 bridgehead atoms. The van der Waals surface area contributed by atoms with Crippen LogP contribution >= 0.6 is 11.6 Å². The molecule has 5 heteroatoms. The van der Waals surface area contributed by atoms with Crippen molar-refractivity contribution in [3.63, 3.8) is 0 Å². The van der Waals surface area contributed by atoms with E-state index < -0.39 is 0 Å². The van der Waals surface area contributed by atoms with Gasteiger partial charge in [0, 0.05) is 18.3 Å². The first-order chi connectivity index (χ1) is 9.22. The van der Waals surface area contributed by atoms with Gasteiger partial charge >= 0.3 is 0 Å². The van der Waals surface area contributed by atoms with Gasteiger partial charge in [0.15, 0.2) is 0 Å². The minimum atomic E-state index is -0.255. The monoisotopic (exact) mass is 273 g/mol. The molecule has 0 aliphatic carbocycles. The number of aromatic nitrogens is 1. The van der Waals surface area contributed by atoms with Crippen molar-refractivity contribution in [3.05, 3.63) is 53.2 Å². The Labute approximate surface area is 115 Å². The van der Waals surface area contributed by atoms with E-state index in [2.05, 4.69) is 15.6 Å². The van der Waals surface area contributed by atoms with Crippen LogP contribution in [0.5, 0.6) is 0 Å². The molecule has 1 aromatic heterocycles. The van der Waals surface area contributed by atoms with E-state index in [0.29, 0.717) is 17.3 Å². The lowest BCUT2D eigenvalue weighted by Crippen LogP contribution is -2.33. The number of nitrogens with zero attached hydrogens (tertiary/aromatic N) is 1. The van der Waals surface area contributed by atoms with E-state index in [0.717, 1.165) is 11.3 Å². The topological polar surface area (TPSA) is 54.0 Å². The number of benzene rings is 1.